The molecule has 3 N–H and O–H groups in total. The van der Waals surface area contributed by atoms with E-state index >= 15 is 0 Å². The highest BCUT2D eigenvalue weighted by Gasteiger charge is 2.23. The number of hydrogen-bond donors (Lipinski definition) is 3. The summed E-state index contributed by atoms with van der Waals surface area (Å²) in [5, 5.41) is 14.6. The molecule has 0 saturated heterocycles. The maximum absolute atomic E-state index is 12.0. The topological polar surface area (TPSA) is 87.7 Å². The molecule has 1 aromatic rings. The lowest BCUT2D eigenvalue weighted by molar-refractivity contribution is -0.145. The Balaban J connectivity index is 2.69. The Bertz CT molecular complexity index is 534. The van der Waals surface area contributed by atoms with Crippen LogP contribution < -0.4 is 10.6 Å². The number of aromatic hydroxyl groups is 1. The molecule has 22 heavy (non-hydrogen) atoms. The predicted octanol–water partition coefficient (Wildman–Crippen LogP) is 3.14. The molecule has 0 fully saturated rings. The van der Waals surface area contributed by atoms with Crippen LogP contribution in [0.25, 0.3) is 0 Å². The molecule has 1 unspecified atom stereocenters. The van der Waals surface area contributed by atoms with E-state index in [4.69, 9.17) is 16.3 Å². The van der Waals surface area contributed by atoms with Gasteiger partial charge in [0.1, 0.15) is 11.8 Å². The van der Waals surface area contributed by atoms with Crippen molar-refractivity contribution in [2.75, 3.05) is 11.9 Å². The minimum Gasteiger partial charge on any atom is -0.506 e. The maximum Gasteiger partial charge on any atom is 0.328 e. The molecule has 0 spiro atoms. The first-order valence-corrected chi connectivity index (χ1v) is 7.44. The zero-order valence-corrected chi connectivity index (χ0v) is 13.6. The van der Waals surface area contributed by atoms with Gasteiger partial charge in [-0.25, -0.2) is 9.59 Å². The highest BCUT2D eigenvalue weighted by molar-refractivity contribution is 6.32. The fraction of sp³-hybridized carbons (Fsp3) is 0.467. The summed E-state index contributed by atoms with van der Waals surface area (Å²) in [5.74, 6) is -0.315. The van der Waals surface area contributed by atoms with Crippen LogP contribution in [0.3, 0.4) is 0 Å². The summed E-state index contributed by atoms with van der Waals surface area (Å²) in [7, 11) is 0. The van der Waals surface area contributed by atoms with Crippen LogP contribution in [0.1, 0.15) is 27.2 Å². The minimum absolute atomic E-state index is 0.0724. The van der Waals surface area contributed by atoms with E-state index in [1.165, 1.54) is 18.2 Å². The highest BCUT2D eigenvalue weighted by atomic mass is 35.5. The van der Waals surface area contributed by atoms with E-state index in [2.05, 4.69) is 10.6 Å². The van der Waals surface area contributed by atoms with Crippen LogP contribution in [0.2, 0.25) is 5.02 Å². The van der Waals surface area contributed by atoms with Crippen molar-refractivity contribution in [2.45, 2.75) is 33.2 Å². The van der Waals surface area contributed by atoms with Crippen molar-refractivity contribution in [3.8, 4) is 5.75 Å². The van der Waals surface area contributed by atoms with Crippen LogP contribution in [-0.2, 0) is 9.53 Å². The fourth-order valence-electron chi connectivity index (χ4n) is 1.84. The summed E-state index contributed by atoms with van der Waals surface area (Å²) in [6.07, 6.45) is 0.475. The zero-order valence-electron chi connectivity index (χ0n) is 12.9. The number of rotatable bonds is 6. The Morgan fingerprint density at radius 3 is 2.59 bits per heavy atom. The number of carbonyl (C=O) groups is 2. The largest absolute Gasteiger partial charge is 0.506 e. The lowest BCUT2D eigenvalue weighted by atomic mass is 10.0. The number of carbonyl (C=O) groups excluding carboxylic acids is 2. The summed E-state index contributed by atoms with van der Waals surface area (Å²) in [6.45, 7) is 5.87. The Kier molecular flexibility index (Phi) is 6.98. The van der Waals surface area contributed by atoms with E-state index in [9.17, 15) is 14.7 Å². The van der Waals surface area contributed by atoms with E-state index in [0.717, 1.165) is 0 Å². The van der Waals surface area contributed by atoms with Crippen molar-refractivity contribution in [3.63, 3.8) is 0 Å². The van der Waals surface area contributed by atoms with E-state index < -0.39 is 18.0 Å². The van der Waals surface area contributed by atoms with E-state index in [1.807, 2.05) is 13.8 Å². The lowest BCUT2D eigenvalue weighted by Crippen LogP contribution is -2.44. The van der Waals surface area contributed by atoms with E-state index in [1.54, 1.807) is 6.92 Å². The van der Waals surface area contributed by atoms with Gasteiger partial charge in [-0.2, -0.15) is 0 Å². The average molecular weight is 329 g/mol. The number of anilines is 1. The van der Waals surface area contributed by atoms with Crippen LogP contribution in [-0.4, -0.2) is 29.8 Å². The smallest absolute Gasteiger partial charge is 0.328 e. The Hall–Kier alpha value is -1.95. The highest BCUT2D eigenvalue weighted by Crippen LogP contribution is 2.25. The first-order chi connectivity index (χ1) is 10.3. The Morgan fingerprint density at radius 2 is 2.05 bits per heavy atom. The number of esters is 1. The molecule has 0 aromatic heterocycles. The molecule has 1 aromatic carbocycles. The summed E-state index contributed by atoms with van der Waals surface area (Å²) < 4.78 is 4.96. The number of nitrogens with one attached hydrogen (secondary N) is 2. The number of urea groups is 1. The van der Waals surface area contributed by atoms with E-state index in [-0.39, 0.29) is 23.3 Å². The molecule has 0 aliphatic heterocycles. The molecule has 6 nitrogen and oxygen atoms in total. The third-order valence-corrected chi connectivity index (χ3v) is 3.09. The first kappa shape index (κ1) is 18.1. The van der Waals surface area contributed by atoms with Crippen molar-refractivity contribution in [2.24, 2.45) is 5.92 Å². The summed E-state index contributed by atoms with van der Waals surface area (Å²) in [4.78, 5) is 23.8. The second-order valence-corrected chi connectivity index (χ2v) is 5.61. The van der Waals surface area contributed by atoms with Gasteiger partial charge >= 0.3 is 12.0 Å². The molecule has 1 rings (SSSR count). The van der Waals surface area contributed by atoms with Gasteiger partial charge in [-0.1, -0.05) is 25.4 Å². The summed E-state index contributed by atoms with van der Waals surface area (Å²) in [6, 6.07) is 3.03. The fourth-order valence-corrected chi connectivity index (χ4v) is 2.02. The quantitative estimate of drug-likeness (QED) is 0.553. The van der Waals surface area contributed by atoms with Gasteiger partial charge in [-0.3, -0.25) is 0 Å². The number of phenols is 1. The van der Waals surface area contributed by atoms with E-state index in [0.29, 0.717) is 12.1 Å². The van der Waals surface area contributed by atoms with Crippen molar-refractivity contribution < 1.29 is 19.4 Å². The number of benzene rings is 1. The molecule has 2 amide bonds. The van der Waals surface area contributed by atoms with Gasteiger partial charge in [0.25, 0.3) is 0 Å². The summed E-state index contributed by atoms with van der Waals surface area (Å²) >= 11 is 5.77. The van der Waals surface area contributed by atoms with Crippen LogP contribution in [0, 0.1) is 5.92 Å². The standard InChI is InChI=1S/C15H21ClN2O4/c1-4-22-14(20)12(7-9(2)3)18-15(21)17-10-5-6-13(19)11(16)8-10/h5-6,8-9,12,19H,4,7H2,1-3H3,(H2,17,18,21). The predicted molar refractivity (Wildman–Crippen MR) is 85.1 cm³/mol. The van der Waals surface area contributed by atoms with Gasteiger partial charge < -0.3 is 20.5 Å². The number of amides is 2. The average Bonchev–Trinajstić information content (AvgIpc) is 2.42. The van der Waals surface area contributed by atoms with Gasteiger partial charge in [0.2, 0.25) is 0 Å². The van der Waals surface area contributed by atoms with Crippen molar-refractivity contribution in [3.05, 3.63) is 23.2 Å². The molecule has 0 radical (unpaired) electrons. The number of hydrogen-bond acceptors (Lipinski definition) is 4. The van der Waals surface area contributed by atoms with Crippen molar-refractivity contribution >= 4 is 29.3 Å². The Morgan fingerprint density at radius 1 is 1.36 bits per heavy atom. The lowest BCUT2D eigenvalue weighted by Gasteiger charge is -2.19. The maximum atomic E-state index is 12.0. The van der Waals surface area contributed by atoms with Gasteiger partial charge in [0.15, 0.2) is 0 Å². The molecule has 0 bridgehead atoms. The monoisotopic (exact) mass is 328 g/mol. The van der Waals surface area contributed by atoms with Crippen molar-refractivity contribution in [1.29, 1.82) is 0 Å². The third kappa shape index (κ3) is 5.81. The van der Waals surface area contributed by atoms with Gasteiger partial charge in [0, 0.05) is 5.69 Å². The zero-order chi connectivity index (χ0) is 16.7. The molecular formula is C15H21ClN2O4. The molecule has 0 aliphatic carbocycles. The molecule has 122 valence electrons. The number of halogens is 1. The number of ether oxygens (including phenoxy) is 1. The normalized spacial score (nSPS) is 11.9. The van der Waals surface area contributed by atoms with Crippen LogP contribution in [0.5, 0.6) is 5.75 Å². The van der Waals surface area contributed by atoms with Crippen LogP contribution >= 0.6 is 11.6 Å². The van der Waals surface area contributed by atoms with Gasteiger partial charge in [0.05, 0.1) is 11.6 Å². The first-order valence-electron chi connectivity index (χ1n) is 7.06. The second kappa shape index (κ2) is 8.48. The molecule has 7 heteroatoms. The minimum atomic E-state index is -0.715. The number of phenolic OH excluding ortho intramolecular Hbond substituents is 1. The van der Waals surface area contributed by atoms with Gasteiger partial charge in [-0.15, -0.1) is 0 Å². The molecule has 0 saturated carbocycles. The van der Waals surface area contributed by atoms with Crippen LogP contribution in [0.15, 0.2) is 18.2 Å². The molecular weight excluding hydrogens is 308 g/mol. The van der Waals surface area contributed by atoms with Crippen LogP contribution in [0.4, 0.5) is 10.5 Å². The Labute approximate surface area is 134 Å². The SMILES string of the molecule is CCOC(=O)C(CC(C)C)NC(=O)Nc1ccc(O)c(Cl)c1. The van der Waals surface area contributed by atoms with Crippen molar-refractivity contribution in [1.82, 2.24) is 5.32 Å². The van der Waals surface area contributed by atoms with Gasteiger partial charge in [-0.05, 0) is 37.5 Å². The second-order valence-electron chi connectivity index (χ2n) is 5.20. The molecule has 1 atom stereocenters. The molecule has 0 heterocycles. The summed E-state index contributed by atoms with van der Waals surface area (Å²) in [5.41, 5.74) is 0.410. The molecule has 0 aliphatic rings. The third-order valence-electron chi connectivity index (χ3n) is 2.79.